The highest BCUT2D eigenvalue weighted by Gasteiger charge is 2.31. The summed E-state index contributed by atoms with van der Waals surface area (Å²) in [4.78, 5) is 13.7. The maximum absolute atomic E-state index is 13.1. The molecule has 1 aliphatic carbocycles. The van der Waals surface area contributed by atoms with Crippen molar-refractivity contribution in [1.29, 1.82) is 0 Å². The molecular weight excluding hydrogens is 219 g/mol. The summed E-state index contributed by atoms with van der Waals surface area (Å²) < 4.78 is 13.1. The number of amides is 1. The van der Waals surface area contributed by atoms with Crippen LogP contribution in [0.3, 0.4) is 0 Å². The summed E-state index contributed by atoms with van der Waals surface area (Å²) >= 11 is 0. The molecule has 1 aromatic carbocycles. The Bertz CT molecular complexity index is 404. The van der Waals surface area contributed by atoms with Crippen molar-refractivity contribution in [3.63, 3.8) is 0 Å². The van der Waals surface area contributed by atoms with Crippen LogP contribution in [0.2, 0.25) is 0 Å². The Morgan fingerprint density at radius 2 is 2.24 bits per heavy atom. The first kappa shape index (κ1) is 12.0. The van der Waals surface area contributed by atoms with E-state index >= 15 is 0 Å². The zero-order chi connectivity index (χ0) is 12.3. The monoisotopic (exact) mass is 236 g/mol. The normalized spacial score (nSPS) is 14.7. The van der Waals surface area contributed by atoms with Crippen molar-refractivity contribution in [3.05, 3.63) is 35.6 Å². The van der Waals surface area contributed by atoms with Crippen molar-refractivity contribution >= 4 is 5.91 Å². The number of hydrogen-bond donors (Lipinski definition) is 1. The molecule has 0 saturated heterocycles. The highest BCUT2D eigenvalue weighted by atomic mass is 19.1. The Morgan fingerprint density at radius 3 is 2.82 bits per heavy atom. The van der Waals surface area contributed by atoms with E-state index in [1.807, 2.05) is 11.0 Å². The topological polar surface area (TPSA) is 46.3 Å². The van der Waals surface area contributed by atoms with E-state index in [2.05, 4.69) is 0 Å². The molecule has 2 rings (SSSR count). The van der Waals surface area contributed by atoms with Crippen LogP contribution < -0.4 is 5.73 Å². The Hall–Kier alpha value is -1.42. The number of hydrogen-bond acceptors (Lipinski definition) is 2. The second-order valence-corrected chi connectivity index (χ2v) is 4.42. The van der Waals surface area contributed by atoms with E-state index in [-0.39, 0.29) is 11.7 Å². The molecule has 0 aromatic heterocycles. The quantitative estimate of drug-likeness (QED) is 0.845. The van der Waals surface area contributed by atoms with Gasteiger partial charge in [-0.1, -0.05) is 12.1 Å². The molecule has 0 bridgehead atoms. The van der Waals surface area contributed by atoms with E-state index in [9.17, 15) is 9.18 Å². The van der Waals surface area contributed by atoms with E-state index < -0.39 is 0 Å². The number of rotatable bonds is 5. The van der Waals surface area contributed by atoms with Crippen molar-refractivity contribution in [2.24, 2.45) is 5.73 Å². The van der Waals surface area contributed by atoms with Gasteiger partial charge >= 0.3 is 0 Å². The Kier molecular flexibility index (Phi) is 3.74. The van der Waals surface area contributed by atoms with Crippen LogP contribution in [-0.2, 0) is 11.3 Å². The molecule has 0 heterocycles. The molecule has 1 aliphatic rings. The predicted molar refractivity (Wildman–Crippen MR) is 63.6 cm³/mol. The van der Waals surface area contributed by atoms with Crippen LogP contribution in [0, 0.1) is 5.82 Å². The Balaban J connectivity index is 2.05. The van der Waals surface area contributed by atoms with E-state index in [1.54, 1.807) is 6.07 Å². The fourth-order valence-corrected chi connectivity index (χ4v) is 1.91. The van der Waals surface area contributed by atoms with Gasteiger partial charge in [0.1, 0.15) is 5.82 Å². The van der Waals surface area contributed by atoms with Crippen molar-refractivity contribution in [2.45, 2.75) is 31.8 Å². The minimum atomic E-state index is -0.260. The smallest absolute Gasteiger partial charge is 0.224 e. The number of benzene rings is 1. The van der Waals surface area contributed by atoms with Gasteiger partial charge < -0.3 is 10.6 Å². The fourth-order valence-electron chi connectivity index (χ4n) is 1.91. The van der Waals surface area contributed by atoms with Crippen molar-refractivity contribution < 1.29 is 9.18 Å². The number of nitrogens with two attached hydrogens (primary N) is 1. The molecule has 1 fully saturated rings. The van der Waals surface area contributed by atoms with Gasteiger partial charge in [-0.15, -0.1) is 0 Å². The second kappa shape index (κ2) is 5.27. The first-order valence-electron chi connectivity index (χ1n) is 5.94. The molecule has 17 heavy (non-hydrogen) atoms. The first-order chi connectivity index (χ1) is 8.20. The maximum Gasteiger partial charge on any atom is 0.224 e. The third-order valence-electron chi connectivity index (χ3n) is 2.91. The fraction of sp³-hybridized carbons (Fsp3) is 0.462. The van der Waals surface area contributed by atoms with Crippen LogP contribution in [0.25, 0.3) is 0 Å². The second-order valence-electron chi connectivity index (χ2n) is 4.42. The summed E-state index contributed by atoms with van der Waals surface area (Å²) in [6.45, 7) is 0.854. The summed E-state index contributed by atoms with van der Waals surface area (Å²) in [6.07, 6.45) is 2.46. The van der Waals surface area contributed by atoms with E-state index in [1.165, 1.54) is 12.1 Å². The van der Waals surface area contributed by atoms with Crippen LogP contribution >= 0.6 is 0 Å². The number of carbonyl (C=O) groups is 1. The number of nitrogens with zero attached hydrogens (tertiary/aromatic N) is 1. The van der Waals surface area contributed by atoms with Gasteiger partial charge in [0.15, 0.2) is 0 Å². The van der Waals surface area contributed by atoms with E-state index in [0.29, 0.717) is 25.6 Å². The minimum absolute atomic E-state index is 0.0688. The highest BCUT2D eigenvalue weighted by molar-refractivity contribution is 5.77. The molecule has 0 radical (unpaired) electrons. The van der Waals surface area contributed by atoms with Crippen molar-refractivity contribution in [3.8, 4) is 0 Å². The lowest BCUT2D eigenvalue weighted by Crippen LogP contribution is -2.33. The number of halogens is 1. The molecule has 1 aromatic rings. The molecule has 0 spiro atoms. The van der Waals surface area contributed by atoms with Gasteiger partial charge in [0.2, 0.25) is 5.91 Å². The van der Waals surface area contributed by atoms with Gasteiger partial charge in [0, 0.05) is 25.6 Å². The van der Waals surface area contributed by atoms with Crippen LogP contribution in [0.15, 0.2) is 24.3 Å². The Morgan fingerprint density at radius 1 is 1.47 bits per heavy atom. The van der Waals surface area contributed by atoms with Crippen molar-refractivity contribution in [1.82, 2.24) is 4.90 Å². The van der Waals surface area contributed by atoms with Gasteiger partial charge in [-0.2, -0.15) is 0 Å². The third kappa shape index (κ3) is 3.27. The van der Waals surface area contributed by atoms with Gasteiger partial charge in [0.05, 0.1) is 0 Å². The third-order valence-corrected chi connectivity index (χ3v) is 2.91. The maximum atomic E-state index is 13.1. The molecule has 0 aliphatic heterocycles. The molecule has 1 saturated carbocycles. The Labute approximate surface area is 100 Å². The van der Waals surface area contributed by atoms with E-state index in [0.717, 1.165) is 18.4 Å². The molecule has 4 heteroatoms. The highest BCUT2D eigenvalue weighted by Crippen LogP contribution is 2.28. The summed E-state index contributed by atoms with van der Waals surface area (Å²) in [5.74, 6) is -0.191. The molecule has 2 N–H and O–H groups in total. The largest absolute Gasteiger partial charge is 0.335 e. The first-order valence-corrected chi connectivity index (χ1v) is 5.94. The zero-order valence-electron chi connectivity index (χ0n) is 9.73. The van der Waals surface area contributed by atoms with Gasteiger partial charge in [-0.3, -0.25) is 4.79 Å². The van der Waals surface area contributed by atoms with Crippen LogP contribution in [0.5, 0.6) is 0 Å². The predicted octanol–water partition coefficient (Wildman–Crippen LogP) is 1.67. The minimum Gasteiger partial charge on any atom is -0.335 e. The lowest BCUT2D eigenvalue weighted by Gasteiger charge is -2.22. The van der Waals surface area contributed by atoms with Crippen molar-refractivity contribution in [2.75, 3.05) is 6.54 Å². The average Bonchev–Trinajstić information content (AvgIpc) is 3.10. The molecule has 92 valence electrons. The van der Waals surface area contributed by atoms with Gasteiger partial charge in [-0.05, 0) is 30.5 Å². The van der Waals surface area contributed by atoms with Gasteiger partial charge in [-0.25, -0.2) is 4.39 Å². The number of carbonyl (C=O) groups excluding carboxylic acids is 1. The molecule has 0 unspecified atom stereocenters. The summed E-state index contributed by atoms with van der Waals surface area (Å²) in [5.41, 5.74) is 6.23. The van der Waals surface area contributed by atoms with Crippen LogP contribution in [0.1, 0.15) is 24.8 Å². The molecule has 0 atom stereocenters. The average molecular weight is 236 g/mol. The van der Waals surface area contributed by atoms with Crippen LogP contribution in [0.4, 0.5) is 4.39 Å². The molecule has 1 amide bonds. The summed E-state index contributed by atoms with van der Waals surface area (Å²) in [7, 11) is 0. The SMILES string of the molecule is NCCC(=O)N(Cc1cccc(F)c1)C1CC1. The standard InChI is InChI=1S/C13H17FN2O/c14-11-3-1-2-10(8-11)9-16(12-4-5-12)13(17)6-7-15/h1-3,8,12H,4-7,9,15H2. The molecule has 3 nitrogen and oxygen atoms in total. The van der Waals surface area contributed by atoms with Gasteiger partial charge in [0.25, 0.3) is 0 Å². The summed E-state index contributed by atoms with van der Waals surface area (Å²) in [6, 6.07) is 6.73. The van der Waals surface area contributed by atoms with E-state index in [4.69, 9.17) is 5.73 Å². The lowest BCUT2D eigenvalue weighted by molar-refractivity contribution is -0.132. The lowest BCUT2D eigenvalue weighted by atomic mass is 10.2. The summed E-state index contributed by atoms with van der Waals surface area (Å²) in [5, 5.41) is 0. The molecular formula is C13H17FN2O. The van der Waals surface area contributed by atoms with Crippen LogP contribution in [-0.4, -0.2) is 23.4 Å². The zero-order valence-corrected chi connectivity index (χ0v) is 9.73.